The summed E-state index contributed by atoms with van der Waals surface area (Å²) in [5, 5.41) is 14.9. The summed E-state index contributed by atoms with van der Waals surface area (Å²) < 4.78 is 15.0. The monoisotopic (exact) mass is 535 g/mol. The fourth-order valence-corrected chi connectivity index (χ4v) is 4.13. The third kappa shape index (κ3) is 5.68. The van der Waals surface area contributed by atoms with Gasteiger partial charge in [0.25, 0.3) is 5.91 Å². The number of rotatable bonds is 7. The molecular formula is C30H26FN7O2. The molecule has 0 bridgehead atoms. The predicted octanol–water partition coefficient (Wildman–Crippen LogP) is 5.45. The van der Waals surface area contributed by atoms with Gasteiger partial charge in [-0.2, -0.15) is 5.26 Å². The van der Waals surface area contributed by atoms with Gasteiger partial charge in [-0.15, -0.1) is 0 Å². The molecule has 40 heavy (non-hydrogen) atoms. The summed E-state index contributed by atoms with van der Waals surface area (Å²) >= 11 is 0. The van der Waals surface area contributed by atoms with Crippen LogP contribution in [0.3, 0.4) is 0 Å². The van der Waals surface area contributed by atoms with Gasteiger partial charge in [0.1, 0.15) is 18.0 Å². The number of aromatic nitrogens is 4. The van der Waals surface area contributed by atoms with Crippen molar-refractivity contribution in [2.45, 2.75) is 39.0 Å². The number of hydrogen-bond acceptors (Lipinski definition) is 7. The highest BCUT2D eigenvalue weighted by molar-refractivity contribution is 6.04. The van der Waals surface area contributed by atoms with Gasteiger partial charge < -0.3 is 10.6 Å². The molecule has 2 N–H and O–H groups in total. The Morgan fingerprint density at radius 1 is 1.02 bits per heavy atom. The molecule has 10 heteroatoms. The number of anilines is 2. The lowest BCUT2D eigenvalue weighted by molar-refractivity contribution is -0.117. The SMILES string of the molecule is Cc1cc(F)c(NC(=O)c2ccnc(C(C)(C)C#N)c2)cc1-c1cncc(-c2cc(NC(=O)C3CC3)ncn2)c1. The number of nitrogens with one attached hydrogen (secondary N) is 2. The highest BCUT2D eigenvalue weighted by atomic mass is 19.1. The molecular weight excluding hydrogens is 509 g/mol. The van der Waals surface area contributed by atoms with Crippen LogP contribution in [0, 0.1) is 30.0 Å². The van der Waals surface area contributed by atoms with Crippen molar-refractivity contribution in [1.82, 2.24) is 19.9 Å². The van der Waals surface area contributed by atoms with Crippen LogP contribution in [-0.4, -0.2) is 31.8 Å². The second kappa shape index (κ2) is 10.6. The van der Waals surface area contributed by atoms with Crippen molar-refractivity contribution in [1.29, 1.82) is 5.26 Å². The zero-order chi connectivity index (χ0) is 28.4. The summed E-state index contributed by atoms with van der Waals surface area (Å²) in [5.41, 5.74) is 3.07. The molecule has 9 nitrogen and oxygen atoms in total. The molecule has 1 fully saturated rings. The van der Waals surface area contributed by atoms with Gasteiger partial charge in [-0.05, 0) is 75.1 Å². The summed E-state index contributed by atoms with van der Waals surface area (Å²) in [6.07, 6.45) is 7.89. The number of carbonyl (C=O) groups excluding carboxylic acids is 2. The Morgan fingerprint density at radius 2 is 1.80 bits per heavy atom. The highest BCUT2D eigenvalue weighted by Crippen LogP contribution is 2.32. The number of halogens is 1. The van der Waals surface area contributed by atoms with Crippen molar-refractivity contribution in [3.05, 3.63) is 84.0 Å². The van der Waals surface area contributed by atoms with Gasteiger partial charge in [-0.25, -0.2) is 14.4 Å². The molecule has 0 radical (unpaired) electrons. The molecule has 2 amide bonds. The minimum absolute atomic E-state index is 0.000944. The topological polar surface area (TPSA) is 134 Å². The summed E-state index contributed by atoms with van der Waals surface area (Å²) in [5.74, 6) is -0.709. The van der Waals surface area contributed by atoms with Crippen LogP contribution in [0.4, 0.5) is 15.9 Å². The van der Waals surface area contributed by atoms with Gasteiger partial charge in [-0.3, -0.25) is 19.6 Å². The Morgan fingerprint density at radius 3 is 2.55 bits per heavy atom. The predicted molar refractivity (Wildman–Crippen MR) is 148 cm³/mol. The van der Waals surface area contributed by atoms with Crippen LogP contribution in [0.2, 0.25) is 0 Å². The van der Waals surface area contributed by atoms with E-state index in [1.165, 1.54) is 30.7 Å². The van der Waals surface area contributed by atoms with Crippen molar-refractivity contribution in [2.75, 3.05) is 10.6 Å². The number of pyridine rings is 2. The van der Waals surface area contributed by atoms with Crippen LogP contribution < -0.4 is 10.6 Å². The van der Waals surface area contributed by atoms with Crippen LogP contribution in [0.1, 0.15) is 48.3 Å². The first kappa shape index (κ1) is 26.6. The lowest BCUT2D eigenvalue weighted by Gasteiger charge is -2.16. The summed E-state index contributed by atoms with van der Waals surface area (Å²) in [4.78, 5) is 42.2. The number of benzene rings is 1. The van der Waals surface area contributed by atoms with Crippen molar-refractivity contribution in [3.8, 4) is 28.5 Å². The molecule has 0 aliphatic heterocycles. The van der Waals surface area contributed by atoms with Crippen LogP contribution in [-0.2, 0) is 10.2 Å². The second-order valence-electron chi connectivity index (χ2n) is 10.3. The van der Waals surface area contributed by atoms with Crippen LogP contribution in [0.5, 0.6) is 0 Å². The standard InChI is InChI=1S/C30H26FN7O2/c1-17-8-23(31)25(37-29(40)19-6-7-34-26(10-19)30(2,3)15-32)11-22(17)20-9-21(14-33-13-20)24-12-27(36-16-35-24)38-28(39)18-4-5-18/h6-14,16,18H,4-5H2,1-3H3,(H,37,40)(H,35,36,38,39). The zero-order valence-corrected chi connectivity index (χ0v) is 22.2. The molecule has 1 aromatic carbocycles. The average Bonchev–Trinajstić information content (AvgIpc) is 3.81. The third-order valence-electron chi connectivity index (χ3n) is 6.72. The number of nitriles is 1. The molecule has 0 spiro atoms. The highest BCUT2D eigenvalue weighted by Gasteiger charge is 2.30. The molecule has 200 valence electrons. The van der Waals surface area contributed by atoms with Crippen molar-refractivity contribution < 1.29 is 14.0 Å². The van der Waals surface area contributed by atoms with Crippen molar-refractivity contribution >= 4 is 23.3 Å². The Hall–Kier alpha value is -5.04. The Balaban J connectivity index is 1.42. The minimum Gasteiger partial charge on any atom is -0.319 e. The molecule has 3 aromatic heterocycles. The van der Waals surface area contributed by atoms with E-state index in [0.29, 0.717) is 39.5 Å². The lowest BCUT2D eigenvalue weighted by Crippen LogP contribution is -2.19. The smallest absolute Gasteiger partial charge is 0.255 e. The van der Waals surface area contributed by atoms with Crippen molar-refractivity contribution in [3.63, 3.8) is 0 Å². The van der Waals surface area contributed by atoms with E-state index in [9.17, 15) is 19.2 Å². The molecule has 1 saturated carbocycles. The van der Waals surface area contributed by atoms with E-state index in [-0.39, 0.29) is 23.1 Å². The first-order chi connectivity index (χ1) is 19.1. The summed E-state index contributed by atoms with van der Waals surface area (Å²) in [6, 6.07) is 11.7. The molecule has 0 unspecified atom stereocenters. The maximum absolute atomic E-state index is 15.0. The lowest BCUT2D eigenvalue weighted by atomic mass is 9.90. The van der Waals surface area contributed by atoms with Gasteiger partial charge in [-0.1, -0.05) is 0 Å². The number of hydrogen-bond donors (Lipinski definition) is 2. The van der Waals surface area contributed by atoms with E-state index >= 15 is 0 Å². The van der Waals surface area contributed by atoms with Gasteiger partial charge in [0.15, 0.2) is 0 Å². The molecule has 5 rings (SSSR count). The molecule has 0 saturated heterocycles. The maximum Gasteiger partial charge on any atom is 0.255 e. The van der Waals surface area contributed by atoms with E-state index in [2.05, 4.69) is 36.6 Å². The Labute approximate surface area is 230 Å². The quantitative estimate of drug-likeness (QED) is 0.321. The van der Waals surface area contributed by atoms with Gasteiger partial charge >= 0.3 is 0 Å². The maximum atomic E-state index is 15.0. The zero-order valence-electron chi connectivity index (χ0n) is 22.2. The molecule has 1 aliphatic carbocycles. The van der Waals surface area contributed by atoms with E-state index < -0.39 is 17.1 Å². The molecule has 1 aliphatic rings. The summed E-state index contributed by atoms with van der Waals surface area (Å²) in [7, 11) is 0. The largest absolute Gasteiger partial charge is 0.319 e. The van der Waals surface area contributed by atoms with Crippen LogP contribution in [0.25, 0.3) is 22.4 Å². The average molecular weight is 536 g/mol. The molecule has 0 atom stereocenters. The van der Waals surface area contributed by atoms with Gasteiger partial charge in [0, 0.05) is 47.3 Å². The normalized spacial score (nSPS) is 12.9. The van der Waals surface area contributed by atoms with Crippen LogP contribution >= 0.6 is 0 Å². The molecule has 4 aromatic rings. The first-order valence-electron chi connectivity index (χ1n) is 12.7. The van der Waals surface area contributed by atoms with E-state index in [4.69, 9.17) is 0 Å². The number of carbonyl (C=O) groups is 2. The Kier molecular flexibility index (Phi) is 7.05. The fourth-order valence-electron chi connectivity index (χ4n) is 4.13. The third-order valence-corrected chi connectivity index (χ3v) is 6.72. The van der Waals surface area contributed by atoms with Crippen LogP contribution in [0.15, 0.2) is 61.3 Å². The fraction of sp³-hybridized carbons (Fsp3) is 0.233. The van der Waals surface area contributed by atoms with Gasteiger partial charge in [0.2, 0.25) is 5.91 Å². The second-order valence-corrected chi connectivity index (χ2v) is 10.3. The minimum atomic E-state index is -0.885. The molecule has 3 heterocycles. The van der Waals surface area contributed by atoms with Gasteiger partial charge in [0.05, 0.1) is 28.6 Å². The van der Waals surface area contributed by atoms with Crippen molar-refractivity contribution in [2.24, 2.45) is 5.92 Å². The number of aryl methyl sites for hydroxylation is 1. The van der Waals surface area contributed by atoms with E-state index in [1.54, 1.807) is 45.3 Å². The number of amides is 2. The number of nitrogens with zero attached hydrogens (tertiary/aromatic N) is 5. The van der Waals surface area contributed by atoms with E-state index in [1.807, 2.05) is 6.07 Å². The van der Waals surface area contributed by atoms with E-state index in [0.717, 1.165) is 12.8 Å². The Bertz CT molecular complexity index is 1680. The first-order valence-corrected chi connectivity index (χ1v) is 12.7. The summed E-state index contributed by atoms with van der Waals surface area (Å²) in [6.45, 7) is 5.18.